The quantitative estimate of drug-likeness (QED) is 0.639. The van der Waals surface area contributed by atoms with Crippen LogP contribution in [0.15, 0.2) is 48.5 Å². The molecule has 5 heteroatoms. The summed E-state index contributed by atoms with van der Waals surface area (Å²) >= 11 is 0. The van der Waals surface area contributed by atoms with Gasteiger partial charge in [0.25, 0.3) is 0 Å². The first kappa shape index (κ1) is 22.7. The maximum absolute atomic E-state index is 13.0. The van der Waals surface area contributed by atoms with Gasteiger partial charge in [0.05, 0.1) is 26.2 Å². The van der Waals surface area contributed by atoms with E-state index in [1.165, 1.54) is 12.8 Å². The predicted molar refractivity (Wildman–Crippen MR) is 125 cm³/mol. The fraction of sp³-hybridized carbons (Fsp3) is 0.481. The molecule has 171 valence electrons. The number of aliphatic hydroxyl groups excluding tert-OH is 1. The van der Waals surface area contributed by atoms with Crippen LogP contribution in [0.2, 0.25) is 0 Å². The Labute approximate surface area is 191 Å². The molecule has 2 aromatic rings. The molecule has 1 aliphatic heterocycles. The minimum absolute atomic E-state index is 0.00533. The first-order chi connectivity index (χ1) is 15.4. The van der Waals surface area contributed by atoms with Gasteiger partial charge in [-0.15, -0.1) is 0 Å². The van der Waals surface area contributed by atoms with Gasteiger partial charge in [0, 0.05) is 24.4 Å². The summed E-state index contributed by atoms with van der Waals surface area (Å²) in [5.74, 6) is 2.12. The van der Waals surface area contributed by atoms with E-state index in [2.05, 4.69) is 6.92 Å². The van der Waals surface area contributed by atoms with Gasteiger partial charge in [-0.05, 0) is 55.4 Å². The molecule has 1 heterocycles. The molecule has 1 radical (unpaired) electrons. The van der Waals surface area contributed by atoms with Gasteiger partial charge < -0.3 is 19.5 Å². The summed E-state index contributed by atoms with van der Waals surface area (Å²) in [7, 11) is 1.65. The molecule has 5 nitrogen and oxygen atoms in total. The number of carbonyl (C=O) groups excluding carboxylic acids is 1. The van der Waals surface area contributed by atoms with Gasteiger partial charge in [0.2, 0.25) is 5.91 Å². The Balaban J connectivity index is 1.51. The van der Waals surface area contributed by atoms with E-state index in [4.69, 9.17) is 9.47 Å². The fourth-order valence-electron chi connectivity index (χ4n) is 4.56. The Morgan fingerprint density at radius 1 is 1.22 bits per heavy atom. The maximum atomic E-state index is 13.0. The van der Waals surface area contributed by atoms with Crippen molar-refractivity contribution in [3.63, 3.8) is 0 Å². The SMILES string of the molecule is COc1ccc([C@@H]2CN(C(=O)[CH]Cc3ccccc3)C[C@@]2(C)[C@@H](C)O)cc1OCC1CC1. The van der Waals surface area contributed by atoms with Gasteiger partial charge in [0.1, 0.15) is 0 Å². The Morgan fingerprint density at radius 3 is 2.62 bits per heavy atom. The number of likely N-dealkylation sites (tertiary alicyclic amines) is 1. The zero-order chi connectivity index (χ0) is 22.7. The molecule has 2 aromatic carbocycles. The van der Waals surface area contributed by atoms with Crippen molar-refractivity contribution in [2.75, 3.05) is 26.8 Å². The average Bonchev–Trinajstić information content (AvgIpc) is 3.56. The number of rotatable bonds is 9. The molecule has 2 fully saturated rings. The molecule has 1 N–H and O–H groups in total. The van der Waals surface area contributed by atoms with Crippen LogP contribution < -0.4 is 9.47 Å². The number of hydrogen-bond donors (Lipinski definition) is 1. The molecule has 3 atom stereocenters. The molecule has 32 heavy (non-hydrogen) atoms. The van der Waals surface area contributed by atoms with E-state index in [0.717, 1.165) is 22.6 Å². The van der Waals surface area contributed by atoms with Gasteiger partial charge in [-0.3, -0.25) is 4.79 Å². The van der Waals surface area contributed by atoms with Gasteiger partial charge >= 0.3 is 0 Å². The highest BCUT2D eigenvalue weighted by Crippen LogP contribution is 2.47. The number of amides is 1. The van der Waals surface area contributed by atoms with Crippen LogP contribution in [-0.4, -0.2) is 48.8 Å². The van der Waals surface area contributed by atoms with Crippen molar-refractivity contribution >= 4 is 5.91 Å². The van der Waals surface area contributed by atoms with Crippen LogP contribution in [0.25, 0.3) is 0 Å². The molecule has 4 rings (SSSR count). The standard InChI is InChI=1S/C27H34NO4/c1-19(29)27(2)18-28(26(30)14-11-20-7-5-4-6-8-20)16-23(27)22-12-13-24(31-3)25(15-22)32-17-21-9-10-21/h4-8,12-15,19,21,23,29H,9-11,16-18H2,1-3H3/t19-,23+,27+/m1/s1. The summed E-state index contributed by atoms with van der Waals surface area (Å²) in [6.45, 7) is 5.69. The van der Waals surface area contributed by atoms with Crippen molar-refractivity contribution in [2.24, 2.45) is 11.3 Å². The summed E-state index contributed by atoms with van der Waals surface area (Å²) in [4.78, 5) is 14.9. The van der Waals surface area contributed by atoms with Gasteiger partial charge in [-0.2, -0.15) is 0 Å². The lowest BCUT2D eigenvalue weighted by atomic mass is 9.72. The van der Waals surface area contributed by atoms with Crippen LogP contribution in [0.1, 0.15) is 43.7 Å². The van der Waals surface area contributed by atoms with Crippen LogP contribution in [0.3, 0.4) is 0 Å². The number of benzene rings is 2. The summed E-state index contributed by atoms with van der Waals surface area (Å²) in [6, 6.07) is 16.0. The van der Waals surface area contributed by atoms with E-state index in [0.29, 0.717) is 32.0 Å². The van der Waals surface area contributed by atoms with Gasteiger partial charge in [0.15, 0.2) is 11.5 Å². The van der Waals surface area contributed by atoms with Crippen molar-refractivity contribution in [3.8, 4) is 11.5 Å². The maximum Gasteiger partial charge on any atom is 0.226 e. The van der Waals surface area contributed by atoms with Crippen LogP contribution in [0.5, 0.6) is 11.5 Å². The number of nitrogens with zero attached hydrogens (tertiary/aromatic N) is 1. The summed E-state index contributed by atoms with van der Waals surface area (Å²) in [6.07, 6.45) is 4.24. The van der Waals surface area contributed by atoms with Crippen molar-refractivity contribution in [1.82, 2.24) is 4.90 Å². The Hall–Kier alpha value is -2.53. The lowest BCUT2D eigenvalue weighted by Crippen LogP contribution is -2.38. The molecule has 2 aliphatic rings. The molecular formula is C27H34NO4. The topological polar surface area (TPSA) is 59.0 Å². The number of aliphatic hydroxyl groups is 1. The van der Waals surface area contributed by atoms with Crippen molar-refractivity contribution < 1.29 is 19.4 Å². The number of carbonyl (C=O) groups is 1. The molecule has 1 aliphatic carbocycles. The third-order valence-electron chi connectivity index (χ3n) is 7.11. The van der Waals surface area contributed by atoms with Crippen LogP contribution in [0.4, 0.5) is 0 Å². The second kappa shape index (κ2) is 9.53. The second-order valence-electron chi connectivity index (χ2n) is 9.51. The summed E-state index contributed by atoms with van der Waals surface area (Å²) in [5, 5.41) is 10.7. The molecule has 0 unspecified atom stereocenters. The summed E-state index contributed by atoms with van der Waals surface area (Å²) < 4.78 is 11.6. The third kappa shape index (κ3) is 4.93. The highest BCUT2D eigenvalue weighted by atomic mass is 16.5. The lowest BCUT2D eigenvalue weighted by molar-refractivity contribution is -0.127. The molecule has 1 saturated carbocycles. The monoisotopic (exact) mass is 436 g/mol. The predicted octanol–water partition coefficient (Wildman–Crippen LogP) is 4.24. The normalized spacial score (nSPS) is 23.8. The third-order valence-corrected chi connectivity index (χ3v) is 7.11. The fourth-order valence-corrected chi connectivity index (χ4v) is 4.56. The van der Waals surface area contributed by atoms with Gasteiger partial charge in [-0.25, -0.2) is 0 Å². The molecule has 1 amide bonds. The lowest BCUT2D eigenvalue weighted by Gasteiger charge is -2.33. The molecule has 0 spiro atoms. The first-order valence-electron chi connectivity index (χ1n) is 11.6. The van der Waals surface area contributed by atoms with Crippen LogP contribution >= 0.6 is 0 Å². The van der Waals surface area contributed by atoms with Crippen molar-refractivity contribution in [1.29, 1.82) is 0 Å². The number of hydrogen-bond acceptors (Lipinski definition) is 4. The van der Waals surface area contributed by atoms with E-state index in [1.807, 2.05) is 60.4 Å². The molecule has 1 saturated heterocycles. The first-order valence-corrected chi connectivity index (χ1v) is 11.6. The van der Waals surface area contributed by atoms with Crippen molar-refractivity contribution in [2.45, 2.75) is 45.1 Å². The molecule has 0 bridgehead atoms. The average molecular weight is 437 g/mol. The Morgan fingerprint density at radius 2 is 1.97 bits per heavy atom. The summed E-state index contributed by atoms with van der Waals surface area (Å²) in [5.41, 5.74) is 1.74. The van der Waals surface area contributed by atoms with Crippen molar-refractivity contribution in [3.05, 3.63) is 66.1 Å². The highest BCUT2D eigenvalue weighted by molar-refractivity contribution is 5.85. The van der Waals surface area contributed by atoms with E-state index >= 15 is 0 Å². The minimum Gasteiger partial charge on any atom is -0.493 e. The van der Waals surface area contributed by atoms with Crippen LogP contribution in [0, 0.1) is 17.8 Å². The van der Waals surface area contributed by atoms with E-state index < -0.39 is 11.5 Å². The Kier molecular flexibility index (Phi) is 6.75. The highest BCUT2D eigenvalue weighted by Gasteiger charge is 2.48. The second-order valence-corrected chi connectivity index (χ2v) is 9.51. The minimum atomic E-state index is -0.558. The van der Waals surface area contributed by atoms with Gasteiger partial charge in [-0.1, -0.05) is 43.3 Å². The largest absolute Gasteiger partial charge is 0.493 e. The van der Waals surface area contributed by atoms with Crippen LogP contribution in [-0.2, 0) is 11.2 Å². The van der Waals surface area contributed by atoms with E-state index in [9.17, 15) is 9.90 Å². The zero-order valence-electron chi connectivity index (χ0n) is 19.3. The number of ether oxygens (including phenoxy) is 2. The van der Waals surface area contributed by atoms with E-state index in [1.54, 1.807) is 13.5 Å². The Bertz CT molecular complexity index is 925. The zero-order valence-corrected chi connectivity index (χ0v) is 19.3. The molecular weight excluding hydrogens is 402 g/mol. The van der Waals surface area contributed by atoms with E-state index in [-0.39, 0.29) is 11.8 Å². The molecule has 0 aromatic heterocycles. The smallest absolute Gasteiger partial charge is 0.226 e. The number of methoxy groups -OCH3 is 1.